The Morgan fingerprint density at radius 1 is 1.28 bits per heavy atom. The maximum absolute atomic E-state index is 13.4. The first-order chi connectivity index (χ1) is 8.36. The van der Waals surface area contributed by atoms with Gasteiger partial charge in [0, 0.05) is 17.2 Å². The highest BCUT2D eigenvalue weighted by Crippen LogP contribution is 2.16. The molecule has 0 radical (unpaired) electrons. The summed E-state index contributed by atoms with van der Waals surface area (Å²) in [4.78, 5) is 11.8. The van der Waals surface area contributed by atoms with Crippen molar-refractivity contribution < 1.29 is 18.7 Å². The molecule has 0 aliphatic rings. The highest BCUT2D eigenvalue weighted by Gasteiger charge is 2.17. The second kappa shape index (κ2) is 5.91. The zero-order valence-electron chi connectivity index (χ0n) is 10.6. The number of carbonyl (C=O) groups excluding carboxylic acids is 1. The fourth-order valence-corrected chi connectivity index (χ4v) is 1.34. The molecule has 3 nitrogen and oxygen atoms in total. The average Bonchev–Trinajstić information content (AvgIpc) is 2.28. The normalized spacial score (nSPS) is 12.6. The number of nitrogens with one attached hydrogen (secondary N) is 1. The van der Waals surface area contributed by atoms with E-state index < -0.39 is 29.7 Å². The van der Waals surface area contributed by atoms with E-state index in [-0.39, 0.29) is 17.5 Å². The Balaban J connectivity index is 2.94. The predicted molar refractivity (Wildman–Crippen MR) is 64.0 cm³/mol. The summed E-state index contributed by atoms with van der Waals surface area (Å²) in [6.07, 6.45) is 0. The third-order valence-corrected chi connectivity index (χ3v) is 2.92. The molecule has 1 amide bonds. The van der Waals surface area contributed by atoms with Gasteiger partial charge in [-0.25, -0.2) is 8.78 Å². The van der Waals surface area contributed by atoms with Gasteiger partial charge in [-0.2, -0.15) is 0 Å². The molecule has 0 bridgehead atoms. The maximum atomic E-state index is 13.4. The first-order valence-electron chi connectivity index (χ1n) is 5.76. The molecule has 18 heavy (non-hydrogen) atoms. The molecule has 0 unspecified atom stereocenters. The van der Waals surface area contributed by atoms with E-state index in [1.807, 2.05) is 20.8 Å². The molecule has 0 aliphatic heterocycles. The van der Waals surface area contributed by atoms with Crippen molar-refractivity contribution in [3.8, 4) is 0 Å². The molecule has 5 heteroatoms. The molecule has 0 aliphatic carbocycles. The summed E-state index contributed by atoms with van der Waals surface area (Å²) in [5.74, 6) is -2.14. The van der Waals surface area contributed by atoms with Gasteiger partial charge in [-0.15, -0.1) is 0 Å². The van der Waals surface area contributed by atoms with E-state index in [2.05, 4.69) is 5.32 Å². The average molecular weight is 257 g/mol. The van der Waals surface area contributed by atoms with Gasteiger partial charge in [-0.05, 0) is 25.0 Å². The van der Waals surface area contributed by atoms with Crippen LogP contribution >= 0.6 is 0 Å². The van der Waals surface area contributed by atoms with Gasteiger partial charge in [0.1, 0.15) is 11.6 Å². The Labute approximate surface area is 105 Å². The summed E-state index contributed by atoms with van der Waals surface area (Å²) < 4.78 is 26.8. The smallest absolute Gasteiger partial charge is 0.251 e. The summed E-state index contributed by atoms with van der Waals surface area (Å²) in [5.41, 5.74) is -0.516. The van der Waals surface area contributed by atoms with Crippen LogP contribution in [0.2, 0.25) is 0 Å². The maximum Gasteiger partial charge on any atom is 0.251 e. The number of amides is 1. The van der Waals surface area contributed by atoms with E-state index in [0.29, 0.717) is 0 Å². The van der Waals surface area contributed by atoms with Crippen LogP contribution in [0.5, 0.6) is 0 Å². The number of aliphatic hydroxyl groups excluding tert-OH is 1. The van der Waals surface area contributed by atoms with Crippen LogP contribution < -0.4 is 5.32 Å². The van der Waals surface area contributed by atoms with Crippen LogP contribution in [0.15, 0.2) is 12.1 Å². The van der Waals surface area contributed by atoms with Crippen molar-refractivity contribution in [1.29, 1.82) is 0 Å². The van der Waals surface area contributed by atoms with Gasteiger partial charge < -0.3 is 10.4 Å². The number of carbonyl (C=O) groups is 1. The Kier molecular flexibility index (Phi) is 4.78. The van der Waals surface area contributed by atoms with Crippen molar-refractivity contribution in [2.24, 2.45) is 5.92 Å². The Morgan fingerprint density at radius 3 is 2.17 bits per heavy atom. The lowest BCUT2D eigenvalue weighted by atomic mass is 10.1. The molecule has 2 N–H and O–H groups in total. The zero-order chi connectivity index (χ0) is 13.9. The fourth-order valence-electron chi connectivity index (χ4n) is 1.34. The predicted octanol–water partition coefficient (Wildman–Crippen LogP) is 2.23. The lowest BCUT2D eigenvalue weighted by molar-refractivity contribution is 0.0929. The number of benzene rings is 1. The van der Waals surface area contributed by atoms with E-state index in [9.17, 15) is 13.6 Å². The number of hydrogen-bond donors (Lipinski definition) is 2. The lowest BCUT2D eigenvalue weighted by Gasteiger charge is -2.17. The van der Waals surface area contributed by atoms with Crippen LogP contribution in [0.25, 0.3) is 0 Å². The van der Waals surface area contributed by atoms with Gasteiger partial charge in [0.2, 0.25) is 0 Å². The van der Waals surface area contributed by atoms with Crippen LogP contribution in [0, 0.1) is 17.6 Å². The number of halogens is 2. The Morgan fingerprint density at radius 2 is 1.78 bits per heavy atom. The van der Waals surface area contributed by atoms with Crippen molar-refractivity contribution in [3.63, 3.8) is 0 Å². The molecule has 0 saturated carbocycles. The Hall–Kier alpha value is -1.49. The third-order valence-electron chi connectivity index (χ3n) is 2.92. The molecule has 0 fully saturated rings. The minimum Gasteiger partial charge on any atom is -0.391 e. The first-order valence-corrected chi connectivity index (χ1v) is 5.76. The molecule has 0 heterocycles. The van der Waals surface area contributed by atoms with Crippen LogP contribution in [0.1, 0.15) is 36.7 Å². The SMILES string of the molecule is CC(C)[C@H](C)NC(=O)c1cc(F)c(CO)c(F)c1. The van der Waals surface area contributed by atoms with E-state index in [1.165, 1.54) is 0 Å². The molecule has 1 aromatic carbocycles. The van der Waals surface area contributed by atoms with Crippen molar-refractivity contribution in [2.75, 3.05) is 0 Å². The molecular formula is C13H17F2NO2. The molecule has 0 saturated heterocycles. The number of hydrogen-bond acceptors (Lipinski definition) is 2. The summed E-state index contributed by atoms with van der Waals surface area (Å²) in [6.45, 7) is 4.95. The minimum atomic E-state index is -0.917. The van der Waals surface area contributed by atoms with Crippen LogP contribution in [0.4, 0.5) is 8.78 Å². The van der Waals surface area contributed by atoms with Crippen LogP contribution in [-0.2, 0) is 6.61 Å². The lowest BCUT2D eigenvalue weighted by Crippen LogP contribution is -2.36. The van der Waals surface area contributed by atoms with Crippen molar-refractivity contribution in [1.82, 2.24) is 5.32 Å². The van der Waals surface area contributed by atoms with Gasteiger partial charge in [-0.1, -0.05) is 13.8 Å². The second-order valence-electron chi connectivity index (χ2n) is 4.58. The van der Waals surface area contributed by atoms with Gasteiger partial charge >= 0.3 is 0 Å². The molecule has 100 valence electrons. The Bertz CT molecular complexity index is 424. The van der Waals surface area contributed by atoms with Crippen molar-refractivity contribution >= 4 is 5.91 Å². The molecule has 0 spiro atoms. The van der Waals surface area contributed by atoms with E-state index in [0.717, 1.165) is 12.1 Å². The minimum absolute atomic E-state index is 0.0882. The molecule has 0 aromatic heterocycles. The van der Waals surface area contributed by atoms with Crippen molar-refractivity contribution in [2.45, 2.75) is 33.4 Å². The third kappa shape index (κ3) is 3.26. The standard InChI is InChI=1S/C13H17F2NO2/c1-7(2)8(3)16-13(18)9-4-11(14)10(6-17)12(15)5-9/h4-5,7-8,17H,6H2,1-3H3,(H,16,18)/t8-/m0/s1. The molecule has 1 rings (SSSR count). The van der Waals surface area contributed by atoms with Gasteiger partial charge in [-0.3, -0.25) is 4.79 Å². The van der Waals surface area contributed by atoms with Gasteiger partial charge in [0.15, 0.2) is 0 Å². The summed E-state index contributed by atoms with van der Waals surface area (Å²) in [7, 11) is 0. The number of rotatable bonds is 4. The molecular weight excluding hydrogens is 240 g/mol. The summed E-state index contributed by atoms with van der Waals surface area (Å²) in [5, 5.41) is 11.4. The monoisotopic (exact) mass is 257 g/mol. The van der Waals surface area contributed by atoms with E-state index in [1.54, 1.807) is 0 Å². The largest absolute Gasteiger partial charge is 0.391 e. The number of aliphatic hydroxyl groups is 1. The molecule has 1 atom stereocenters. The van der Waals surface area contributed by atoms with Gasteiger partial charge in [0.05, 0.1) is 6.61 Å². The first kappa shape index (κ1) is 14.6. The summed E-state index contributed by atoms with van der Waals surface area (Å²) in [6, 6.07) is 1.76. The van der Waals surface area contributed by atoms with Crippen LogP contribution in [-0.4, -0.2) is 17.1 Å². The van der Waals surface area contributed by atoms with E-state index in [4.69, 9.17) is 5.11 Å². The zero-order valence-corrected chi connectivity index (χ0v) is 10.6. The molecule has 1 aromatic rings. The topological polar surface area (TPSA) is 49.3 Å². The van der Waals surface area contributed by atoms with Crippen molar-refractivity contribution in [3.05, 3.63) is 34.9 Å². The van der Waals surface area contributed by atoms with Gasteiger partial charge in [0.25, 0.3) is 5.91 Å². The quantitative estimate of drug-likeness (QED) is 0.869. The van der Waals surface area contributed by atoms with E-state index >= 15 is 0 Å². The highest BCUT2D eigenvalue weighted by atomic mass is 19.1. The second-order valence-corrected chi connectivity index (χ2v) is 4.58. The van der Waals surface area contributed by atoms with Crippen LogP contribution in [0.3, 0.4) is 0 Å². The fraction of sp³-hybridized carbons (Fsp3) is 0.462. The highest BCUT2D eigenvalue weighted by molar-refractivity contribution is 5.94. The summed E-state index contributed by atoms with van der Waals surface area (Å²) >= 11 is 0.